The number of benzene rings is 1. The second-order valence-electron chi connectivity index (χ2n) is 11.5. The molecule has 2 saturated heterocycles. The Kier molecular flexibility index (Phi) is 12.3. The molecule has 0 unspecified atom stereocenters. The quantitative estimate of drug-likeness (QED) is 0.334. The van der Waals surface area contributed by atoms with Crippen LogP contribution in [0, 0.1) is 0 Å². The van der Waals surface area contributed by atoms with E-state index in [0.717, 1.165) is 18.4 Å². The molecule has 2 aliphatic heterocycles. The maximum Gasteiger partial charge on any atom is 0.409 e. The number of pyridine rings is 1. The predicted octanol–water partition coefficient (Wildman–Crippen LogP) is 3.18. The molecule has 13 heteroatoms. The van der Waals surface area contributed by atoms with Gasteiger partial charge in [0.1, 0.15) is 23.6 Å². The van der Waals surface area contributed by atoms with Crippen molar-refractivity contribution in [3.05, 3.63) is 48.2 Å². The zero-order valence-corrected chi connectivity index (χ0v) is 26.5. The number of ether oxygens (including phenoxy) is 2. The van der Waals surface area contributed by atoms with Gasteiger partial charge in [-0.3, -0.25) is 19.2 Å². The number of nitrogens with zero attached hydrogens (tertiary/aromatic N) is 4. The van der Waals surface area contributed by atoms with Gasteiger partial charge in [-0.05, 0) is 12.8 Å². The molecule has 13 nitrogen and oxygen atoms in total. The number of hydrogen-bond acceptors (Lipinski definition) is 8. The van der Waals surface area contributed by atoms with Crippen LogP contribution >= 0.6 is 0 Å². The van der Waals surface area contributed by atoms with Gasteiger partial charge in [-0.25, -0.2) is 9.78 Å². The maximum atomic E-state index is 13.6. The Labute approximate surface area is 268 Å². The lowest BCUT2D eigenvalue weighted by atomic mass is 10.1. The molecule has 4 rings (SSSR count). The van der Waals surface area contributed by atoms with Crippen molar-refractivity contribution in [2.75, 3.05) is 45.9 Å². The van der Waals surface area contributed by atoms with Crippen molar-refractivity contribution < 1.29 is 38.6 Å². The van der Waals surface area contributed by atoms with Crippen LogP contribution in [0.25, 0.3) is 11.3 Å². The van der Waals surface area contributed by atoms with Gasteiger partial charge in [-0.15, -0.1) is 0 Å². The van der Waals surface area contributed by atoms with Crippen LogP contribution in [0.3, 0.4) is 0 Å². The summed E-state index contributed by atoms with van der Waals surface area (Å²) in [7, 11) is 0. The van der Waals surface area contributed by atoms with E-state index in [9.17, 15) is 29.1 Å². The summed E-state index contributed by atoms with van der Waals surface area (Å²) in [6.07, 6.45) is 1.92. The highest BCUT2D eigenvalue weighted by atomic mass is 16.6. The van der Waals surface area contributed by atoms with Crippen molar-refractivity contribution in [2.45, 2.75) is 64.5 Å². The van der Waals surface area contributed by atoms with Crippen LogP contribution in [-0.4, -0.2) is 113 Å². The Morgan fingerprint density at radius 2 is 1.63 bits per heavy atom. The molecule has 1 aromatic heterocycles. The molecule has 46 heavy (non-hydrogen) atoms. The fourth-order valence-electron chi connectivity index (χ4n) is 5.41. The second-order valence-corrected chi connectivity index (χ2v) is 11.5. The number of amides is 4. The van der Waals surface area contributed by atoms with Gasteiger partial charge in [0.2, 0.25) is 11.8 Å². The van der Waals surface area contributed by atoms with E-state index < -0.39 is 29.9 Å². The number of aliphatic carboxylic acids is 1. The number of piperidine rings is 1. The Bertz CT molecular complexity index is 1370. The van der Waals surface area contributed by atoms with Gasteiger partial charge in [0.25, 0.3) is 5.91 Å². The average molecular weight is 638 g/mol. The lowest BCUT2D eigenvalue weighted by Crippen LogP contribution is -2.56. The highest BCUT2D eigenvalue weighted by Gasteiger charge is 2.31. The lowest BCUT2D eigenvalue weighted by molar-refractivity contribution is -0.138. The van der Waals surface area contributed by atoms with Gasteiger partial charge in [0.15, 0.2) is 0 Å². The molecule has 0 saturated carbocycles. The first-order valence-electron chi connectivity index (χ1n) is 15.9. The van der Waals surface area contributed by atoms with E-state index in [-0.39, 0.29) is 56.7 Å². The van der Waals surface area contributed by atoms with Gasteiger partial charge in [0, 0.05) is 83.2 Å². The fourth-order valence-corrected chi connectivity index (χ4v) is 5.41. The number of carbonyl (C=O) groups excluding carboxylic acids is 4. The maximum absolute atomic E-state index is 13.6. The van der Waals surface area contributed by atoms with Crippen molar-refractivity contribution >= 4 is 29.8 Å². The summed E-state index contributed by atoms with van der Waals surface area (Å²) in [6, 6.07) is 11.4. The first-order valence-corrected chi connectivity index (χ1v) is 15.9. The molecule has 248 valence electrons. The third-order valence-corrected chi connectivity index (χ3v) is 8.11. The number of carbonyl (C=O) groups is 5. The van der Waals surface area contributed by atoms with Gasteiger partial charge in [-0.2, -0.15) is 0 Å². The molecular formula is C33H43N5O8. The zero-order chi connectivity index (χ0) is 33.1. The minimum absolute atomic E-state index is 0.0188. The largest absolute Gasteiger partial charge is 0.490 e. The molecule has 0 spiro atoms. The number of unbranched alkanes of at least 4 members (excludes halogenated alkanes) is 1. The third-order valence-electron chi connectivity index (χ3n) is 8.11. The second kappa shape index (κ2) is 16.6. The highest BCUT2D eigenvalue weighted by molar-refractivity contribution is 5.97. The fraction of sp³-hybridized carbons (Fsp3) is 0.515. The van der Waals surface area contributed by atoms with Crippen LogP contribution < -0.4 is 10.1 Å². The molecule has 1 atom stereocenters. The molecule has 3 heterocycles. The summed E-state index contributed by atoms with van der Waals surface area (Å²) in [4.78, 5) is 72.1. The molecular weight excluding hydrogens is 594 g/mol. The summed E-state index contributed by atoms with van der Waals surface area (Å²) in [6.45, 7) is 6.02. The first-order chi connectivity index (χ1) is 22.1. The van der Waals surface area contributed by atoms with Crippen LogP contribution in [0.5, 0.6) is 5.75 Å². The smallest absolute Gasteiger partial charge is 0.409 e. The van der Waals surface area contributed by atoms with E-state index in [1.807, 2.05) is 37.3 Å². The lowest BCUT2D eigenvalue weighted by Gasteiger charge is -2.36. The predicted molar refractivity (Wildman–Crippen MR) is 168 cm³/mol. The first kappa shape index (κ1) is 34.2. The van der Waals surface area contributed by atoms with Crippen LogP contribution in [0.15, 0.2) is 42.5 Å². The van der Waals surface area contributed by atoms with E-state index in [1.165, 1.54) is 15.9 Å². The monoisotopic (exact) mass is 637 g/mol. The van der Waals surface area contributed by atoms with E-state index >= 15 is 0 Å². The number of piperazine rings is 1. The van der Waals surface area contributed by atoms with E-state index in [4.69, 9.17) is 9.47 Å². The molecule has 1 aromatic carbocycles. The van der Waals surface area contributed by atoms with Crippen molar-refractivity contribution in [2.24, 2.45) is 0 Å². The topological polar surface area (TPSA) is 159 Å². The minimum atomic E-state index is -1.12. The molecule has 2 fully saturated rings. The molecule has 2 aromatic rings. The summed E-state index contributed by atoms with van der Waals surface area (Å²) in [5.74, 6) is -1.72. The van der Waals surface area contributed by atoms with Crippen LogP contribution in [-0.2, 0) is 19.1 Å². The van der Waals surface area contributed by atoms with Crippen molar-refractivity contribution in [1.29, 1.82) is 0 Å². The summed E-state index contributed by atoms with van der Waals surface area (Å²) >= 11 is 0. The molecule has 2 N–H and O–H groups in total. The van der Waals surface area contributed by atoms with Gasteiger partial charge < -0.3 is 34.6 Å². The number of rotatable bonds is 12. The summed E-state index contributed by atoms with van der Waals surface area (Å²) in [5, 5.41) is 12.1. The molecule has 4 amide bonds. The zero-order valence-electron chi connectivity index (χ0n) is 26.5. The molecule has 2 aliphatic rings. The SMILES string of the molecule is CCCCOC(=O)N1CCN(C(=O)[C@H](CCC(=O)O)NC(=O)c2cc(OC3CCN(C(C)=O)CC3)cc(-c3ccccc3)n2)CC1. The number of carboxylic acids is 1. The van der Waals surface area contributed by atoms with E-state index in [2.05, 4.69) is 10.3 Å². The Balaban J connectivity index is 1.48. The van der Waals surface area contributed by atoms with Crippen molar-refractivity contribution in [3.8, 4) is 17.0 Å². The minimum Gasteiger partial charge on any atom is -0.490 e. The number of hydrogen-bond donors (Lipinski definition) is 2. The van der Waals surface area contributed by atoms with Crippen molar-refractivity contribution in [3.63, 3.8) is 0 Å². The average Bonchev–Trinajstić information content (AvgIpc) is 3.06. The normalized spacial score (nSPS) is 16.0. The number of aromatic nitrogens is 1. The Hall–Kier alpha value is -4.68. The summed E-state index contributed by atoms with van der Waals surface area (Å²) < 4.78 is 11.5. The highest BCUT2D eigenvalue weighted by Crippen LogP contribution is 2.26. The third kappa shape index (κ3) is 9.66. The van der Waals surface area contributed by atoms with Gasteiger partial charge in [0.05, 0.1) is 12.3 Å². The van der Waals surface area contributed by atoms with Crippen molar-refractivity contribution in [1.82, 2.24) is 25.0 Å². The molecule has 0 bridgehead atoms. The molecule has 0 aliphatic carbocycles. The Morgan fingerprint density at radius 1 is 0.957 bits per heavy atom. The summed E-state index contributed by atoms with van der Waals surface area (Å²) in [5.41, 5.74) is 1.28. The Morgan fingerprint density at radius 3 is 2.26 bits per heavy atom. The van der Waals surface area contributed by atoms with E-state index in [0.29, 0.717) is 44.0 Å². The van der Waals surface area contributed by atoms with Crippen LogP contribution in [0.2, 0.25) is 0 Å². The van der Waals surface area contributed by atoms with Gasteiger partial charge in [-0.1, -0.05) is 43.7 Å². The molecule has 0 radical (unpaired) electrons. The van der Waals surface area contributed by atoms with Crippen LogP contribution in [0.4, 0.5) is 4.79 Å². The number of likely N-dealkylation sites (tertiary alicyclic amines) is 1. The van der Waals surface area contributed by atoms with Gasteiger partial charge >= 0.3 is 12.1 Å². The standard InChI is InChI=1S/C33H43N5O8/c1-3-4-20-45-33(44)38-18-16-37(17-19-38)32(43)27(10-11-30(40)41)35-31(42)29-22-26(21-28(34-29)24-8-6-5-7-9-24)46-25-12-14-36(15-13-25)23(2)39/h5-9,21-22,25,27H,3-4,10-20H2,1-2H3,(H,35,42)(H,40,41)/t27-/m0/s1. The number of nitrogens with one attached hydrogen (secondary N) is 1. The van der Waals surface area contributed by atoms with E-state index in [1.54, 1.807) is 17.9 Å². The number of carboxylic acid groups (broad SMARTS) is 1. The van der Waals surface area contributed by atoms with Crippen LogP contribution in [0.1, 0.15) is 62.9 Å².